The molecule has 3 rings (SSSR count). The van der Waals surface area contributed by atoms with Crippen molar-refractivity contribution >= 4 is 11.9 Å². The highest BCUT2D eigenvalue weighted by Crippen LogP contribution is 2.39. The molecule has 7 nitrogen and oxygen atoms in total. The number of carboxylic acids is 1. The highest BCUT2D eigenvalue weighted by molar-refractivity contribution is 5.87. The first-order valence-corrected chi connectivity index (χ1v) is 8.07. The number of ether oxygens (including phenoxy) is 1. The summed E-state index contributed by atoms with van der Waals surface area (Å²) in [5.41, 5.74) is 2.70. The SMILES string of the molecule is COCc1cccc(CN2C(=O)CC(C(=O)O)C2c2cnn(C)c2)c1. The van der Waals surface area contributed by atoms with Crippen molar-refractivity contribution in [2.75, 3.05) is 7.11 Å². The normalized spacial score (nSPS) is 20.2. The number of carbonyl (C=O) groups excluding carboxylic acids is 1. The van der Waals surface area contributed by atoms with E-state index in [0.29, 0.717) is 13.2 Å². The molecule has 0 aliphatic carbocycles. The summed E-state index contributed by atoms with van der Waals surface area (Å²) in [6.45, 7) is 0.852. The Morgan fingerprint density at radius 2 is 2.16 bits per heavy atom. The van der Waals surface area contributed by atoms with Gasteiger partial charge in [-0.15, -0.1) is 0 Å². The smallest absolute Gasteiger partial charge is 0.309 e. The predicted molar refractivity (Wildman–Crippen MR) is 89.4 cm³/mol. The van der Waals surface area contributed by atoms with Gasteiger partial charge in [-0.05, 0) is 11.1 Å². The maximum absolute atomic E-state index is 12.5. The van der Waals surface area contributed by atoms with Crippen LogP contribution in [0.1, 0.15) is 29.2 Å². The van der Waals surface area contributed by atoms with Gasteiger partial charge in [-0.1, -0.05) is 24.3 Å². The Hall–Kier alpha value is -2.67. The van der Waals surface area contributed by atoms with Crippen molar-refractivity contribution < 1.29 is 19.4 Å². The topological polar surface area (TPSA) is 84.7 Å². The molecule has 132 valence electrons. The fourth-order valence-electron chi connectivity index (χ4n) is 3.38. The quantitative estimate of drug-likeness (QED) is 0.864. The van der Waals surface area contributed by atoms with Gasteiger partial charge in [0, 0.05) is 38.9 Å². The maximum atomic E-state index is 12.5. The van der Waals surface area contributed by atoms with Crippen molar-refractivity contribution in [1.29, 1.82) is 0 Å². The van der Waals surface area contributed by atoms with E-state index in [4.69, 9.17) is 4.74 Å². The number of benzene rings is 1. The molecular formula is C18H21N3O4. The van der Waals surface area contributed by atoms with Crippen LogP contribution in [-0.4, -0.2) is 38.8 Å². The number of hydrogen-bond acceptors (Lipinski definition) is 4. The van der Waals surface area contributed by atoms with E-state index >= 15 is 0 Å². The molecule has 2 heterocycles. The summed E-state index contributed by atoms with van der Waals surface area (Å²) < 4.78 is 6.77. The number of nitrogens with zero attached hydrogens (tertiary/aromatic N) is 3. The molecule has 0 bridgehead atoms. The molecule has 1 amide bonds. The first-order valence-electron chi connectivity index (χ1n) is 8.07. The fourth-order valence-corrected chi connectivity index (χ4v) is 3.38. The molecule has 2 aromatic rings. The summed E-state index contributed by atoms with van der Waals surface area (Å²) in [6.07, 6.45) is 3.41. The Bertz CT molecular complexity index is 786. The van der Waals surface area contributed by atoms with Crippen molar-refractivity contribution in [3.05, 3.63) is 53.3 Å². The van der Waals surface area contributed by atoms with Gasteiger partial charge in [0.2, 0.25) is 5.91 Å². The predicted octanol–water partition coefficient (Wildman–Crippen LogP) is 1.74. The summed E-state index contributed by atoms with van der Waals surface area (Å²) in [4.78, 5) is 25.8. The Morgan fingerprint density at radius 1 is 1.40 bits per heavy atom. The zero-order valence-corrected chi connectivity index (χ0v) is 14.3. The molecule has 1 fully saturated rings. The number of amides is 1. The molecule has 1 N–H and O–H groups in total. The van der Waals surface area contributed by atoms with E-state index in [1.165, 1.54) is 0 Å². The Kier molecular flexibility index (Phi) is 4.85. The molecule has 1 aromatic carbocycles. The number of aryl methyl sites for hydroxylation is 1. The summed E-state index contributed by atoms with van der Waals surface area (Å²) in [5.74, 6) is -1.88. The second kappa shape index (κ2) is 7.06. The summed E-state index contributed by atoms with van der Waals surface area (Å²) in [7, 11) is 3.40. The molecule has 1 saturated heterocycles. The van der Waals surface area contributed by atoms with Crippen LogP contribution in [0.5, 0.6) is 0 Å². The van der Waals surface area contributed by atoms with Crippen LogP contribution in [0, 0.1) is 5.92 Å². The largest absolute Gasteiger partial charge is 0.481 e. The first-order chi connectivity index (χ1) is 12.0. The van der Waals surface area contributed by atoms with Crippen LogP contribution in [-0.2, 0) is 34.5 Å². The minimum Gasteiger partial charge on any atom is -0.481 e. The van der Waals surface area contributed by atoms with Crippen molar-refractivity contribution in [3.63, 3.8) is 0 Å². The van der Waals surface area contributed by atoms with Gasteiger partial charge >= 0.3 is 5.97 Å². The molecule has 7 heteroatoms. The van der Waals surface area contributed by atoms with Gasteiger partial charge < -0.3 is 14.7 Å². The molecule has 0 spiro atoms. The lowest BCUT2D eigenvalue weighted by atomic mass is 9.95. The number of carbonyl (C=O) groups is 2. The number of carboxylic acid groups (broad SMARTS) is 1. The zero-order chi connectivity index (χ0) is 18.0. The first kappa shape index (κ1) is 17.2. The molecular weight excluding hydrogens is 322 g/mol. The van der Waals surface area contributed by atoms with Crippen molar-refractivity contribution in [3.8, 4) is 0 Å². The van der Waals surface area contributed by atoms with E-state index in [9.17, 15) is 14.7 Å². The number of likely N-dealkylation sites (tertiary alicyclic amines) is 1. The molecule has 0 saturated carbocycles. The van der Waals surface area contributed by atoms with Crippen LogP contribution in [0.15, 0.2) is 36.7 Å². The van der Waals surface area contributed by atoms with Gasteiger partial charge in [-0.3, -0.25) is 14.3 Å². The molecule has 1 aliphatic rings. The molecule has 2 unspecified atom stereocenters. The summed E-state index contributed by atoms with van der Waals surface area (Å²) >= 11 is 0. The van der Waals surface area contributed by atoms with Crippen LogP contribution < -0.4 is 0 Å². The maximum Gasteiger partial charge on any atom is 0.309 e. The number of hydrogen-bond donors (Lipinski definition) is 1. The average molecular weight is 343 g/mol. The van der Waals surface area contributed by atoms with Crippen molar-refractivity contribution in [1.82, 2.24) is 14.7 Å². The lowest BCUT2D eigenvalue weighted by Crippen LogP contribution is -2.30. The highest BCUT2D eigenvalue weighted by Gasteiger charge is 2.45. The number of methoxy groups -OCH3 is 1. The number of aromatic nitrogens is 2. The molecule has 0 radical (unpaired) electrons. The van der Waals surface area contributed by atoms with E-state index in [2.05, 4.69) is 5.10 Å². The summed E-state index contributed by atoms with van der Waals surface area (Å²) in [5, 5.41) is 13.7. The third-order valence-electron chi connectivity index (χ3n) is 4.47. The van der Waals surface area contributed by atoms with Crippen LogP contribution in [0.2, 0.25) is 0 Å². The van der Waals surface area contributed by atoms with E-state index in [1.807, 2.05) is 24.3 Å². The van der Waals surface area contributed by atoms with Crippen molar-refractivity contribution in [2.45, 2.75) is 25.6 Å². The molecule has 2 atom stereocenters. The molecule has 25 heavy (non-hydrogen) atoms. The van der Waals surface area contributed by atoms with Gasteiger partial charge in [0.25, 0.3) is 0 Å². The zero-order valence-electron chi connectivity index (χ0n) is 14.3. The lowest BCUT2D eigenvalue weighted by Gasteiger charge is -2.26. The summed E-state index contributed by atoms with van der Waals surface area (Å²) in [6, 6.07) is 7.27. The van der Waals surface area contributed by atoms with Crippen LogP contribution in [0.4, 0.5) is 0 Å². The number of aliphatic carboxylic acids is 1. The van der Waals surface area contributed by atoms with E-state index in [1.54, 1.807) is 36.1 Å². The molecule has 1 aromatic heterocycles. The van der Waals surface area contributed by atoms with E-state index in [-0.39, 0.29) is 12.3 Å². The van der Waals surface area contributed by atoms with Gasteiger partial charge in [-0.25, -0.2) is 0 Å². The number of rotatable bonds is 6. The van der Waals surface area contributed by atoms with E-state index < -0.39 is 17.9 Å². The Balaban J connectivity index is 1.90. The van der Waals surface area contributed by atoms with Crippen LogP contribution in [0.3, 0.4) is 0 Å². The third kappa shape index (κ3) is 3.56. The van der Waals surface area contributed by atoms with Crippen LogP contribution in [0.25, 0.3) is 0 Å². The minimum absolute atomic E-state index is 0.00660. The second-order valence-corrected chi connectivity index (χ2v) is 6.32. The standard InChI is InChI=1S/C18H21N3O4/c1-20-10-14(8-19-20)17-15(18(23)24)7-16(22)21(17)9-12-4-3-5-13(6-12)11-25-2/h3-6,8,10,15,17H,7,9,11H2,1-2H3,(H,23,24). The Morgan fingerprint density at radius 3 is 2.80 bits per heavy atom. The van der Waals surface area contributed by atoms with Gasteiger partial charge in [-0.2, -0.15) is 5.10 Å². The monoisotopic (exact) mass is 343 g/mol. The lowest BCUT2D eigenvalue weighted by molar-refractivity contribution is -0.142. The minimum atomic E-state index is -0.960. The molecule has 1 aliphatic heterocycles. The Labute approximate surface area is 145 Å². The third-order valence-corrected chi connectivity index (χ3v) is 4.47. The van der Waals surface area contributed by atoms with Crippen LogP contribution >= 0.6 is 0 Å². The average Bonchev–Trinajstić information content (AvgIpc) is 3.12. The highest BCUT2D eigenvalue weighted by atomic mass is 16.5. The van der Waals surface area contributed by atoms with Gasteiger partial charge in [0.15, 0.2) is 0 Å². The van der Waals surface area contributed by atoms with Gasteiger partial charge in [0.1, 0.15) is 0 Å². The van der Waals surface area contributed by atoms with Crippen molar-refractivity contribution in [2.24, 2.45) is 13.0 Å². The fraction of sp³-hybridized carbons (Fsp3) is 0.389. The van der Waals surface area contributed by atoms with E-state index in [0.717, 1.165) is 16.7 Å². The second-order valence-electron chi connectivity index (χ2n) is 6.32. The van der Waals surface area contributed by atoms with Gasteiger partial charge in [0.05, 0.1) is 24.8 Å².